The third-order valence-electron chi connectivity index (χ3n) is 3.62. The van der Waals surface area contributed by atoms with Crippen molar-refractivity contribution in [2.45, 2.75) is 25.8 Å². The number of para-hydroxylation sites is 1. The first-order chi connectivity index (χ1) is 9.75. The van der Waals surface area contributed by atoms with E-state index in [1.807, 2.05) is 36.6 Å². The maximum atomic E-state index is 12.5. The molecule has 1 saturated heterocycles. The third-order valence-corrected chi connectivity index (χ3v) is 4.43. The number of rotatable bonds is 3. The van der Waals surface area contributed by atoms with Crippen LogP contribution in [0.2, 0.25) is 0 Å². The fraction of sp³-hybridized carbons (Fsp3) is 0.333. The number of anilines is 2. The zero-order valence-corrected chi connectivity index (χ0v) is 12.2. The lowest BCUT2D eigenvalue weighted by Gasteiger charge is -2.23. The van der Waals surface area contributed by atoms with E-state index in [-0.39, 0.29) is 11.9 Å². The van der Waals surface area contributed by atoms with Crippen molar-refractivity contribution in [3.05, 3.63) is 41.4 Å². The lowest BCUT2D eigenvalue weighted by atomic mass is 10.1. The van der Waals surface area contributed by atoms with E-state index >= 15 is 0 Å². The van der Waals surface area contributed by atoms with Gasteiger partial charge in [-0.1, -0.05) is 18.2 Å². The first-order valence-corrected chi connectivity index (χ1v) is 7.66. The first kappa shape index (κ1) is 13.1. The van der Waals surface area contributed by atoms with E-state index in [9.17, 15) is 4.79 Å². The molecule has 3 rings (SSSR count). The van der Waals surface area contributed by atoms with Crippen LogP contribution in [0.4, 0.5) is 10.8 Å². The molecule has 2 heterocycles. The summed E-state index contributed by atoms with van der Waals surface area (Å²) in [5.74, 6) is 0.0620. The molecule has 1 amide bonds. The van der Waals surface area contributed by atoms with Crippen LogP contribution in [0.25, 0.3) is 0 Å². The molecule has 0 unspecified atom stereocenters. The van der Waals surface area contributed by atoms with E-state index in [4.69, 9.17) is 0 Å². The van der Waals surface area contributed by atoms with Gasteiger partial charge in [-0.3, -0.25) is 4.79 Å². The van der Waals surface area contributed by atoms with E-state index in [1.54, 1.807) is 17.5 Å². The number of hydrogen-bond donors (Lipinski definition) is 1. The second kappa shape index (κ2) is 5.63. The van der Waals surface area contributed by atoms with Crippen molar-refractivity contribution in [1.82, 2.24) is 4.98 Å². The van der Waals surface area contributed by atoms with Crippen LogP contribution in [-0.4, -0.2) is 23.5 Å². The normalized spacial score (nSPS) is 18.2. The highest BCUT2D eigenvalue weighted by Gasteiger charge is 2.32. The molecule has 20 heavy (non-hydrogen) atoms. The Morgan fingerprint density at radius 1 is 1.45 bits per heavy atom. The molecule has 1 atom stereocenters. The number of benzene rings is 1. The number of aryl methyl sites for hydroxylation is 1. The lowest BCUT2D eigenvalue weighted by molar-refractivity contribution is -0.117. The van der Waals surface area contributed by atoms with Crippen molar-refractivity contribution in [3.63, 3.8) is 0 Å². The molecule has 1 aromatic heterocycles. The minimum atomic E-state index is -0.110. The van der Waals surface area contributed by atoms with Crippen LogP contribution in [0.1, 0.15) is 18.4 Å². The number of aromatic nitrogens is 1. The molecule has 1 fully saturated rings. The summed E-state index contributed by atoms with van der Waals surface area (Å²) < 4.78 is 0. The standard InChI is InChI=1S/C15H17N3OS/c1-11-5-2-3-6-12(11)17-14(19)13-7-4-9-18(13)15-16-8-10-20-15/h2-3,5-6,8,10,13H,4,7,9H2,1H3,(H,17,19)/t13-/m0/s1. The van der Waals surface area contributed by atoms with Gasteiger partial charge in [-0.25, -0.2) is 4.98 Å². The van der Waals surface area contributed by atoms with Gasteiger partial charge in [0.2, 0.25) is 5.91 Å². The fourth-order valence-electron chi connectivity index (χ4n) is 2.56. The van der Waals surface area contributed by atoms with E-state index in [2.05, 4.69) is 15.2 Å². The molecule has 1 N–H and O–H groups in total. The largest absolute Gasteiger partial charge is 0.336 e. The zero-order chi connectivity index (χ0) is 13.9. The zero-order valence-electron chi connectivity index (χ0n) is 11.4. The van der Waals surface area contributed by atoms with Crippen molar-refractivity contribution in [2.24, 2.45) is 0 Å². The Labute approximate surface area is 122 Å². The molecule has 4 nitrogen and oxygen atoms in total. The predicted octanol–water partition coefficient (Wildman–Crippen LogP) is 3.06. The Hall–Kier alpha value is -1.88. The van der Waals surface area contributed by atoms with Gasteiger partial charge in [0.05, 0.1) is 0 Å². The van der Waals surface area contributed by atoms with Crippen LogP contribution >= 0.6 is 11.3 Å². The van der Waals surface area contributed by atoms with Gasteiger partial charge in [0.1, 0.15) is 6.04 Å². The Morgan fingerprint density at radius 3 is 3.05 bits per heavy atom. The molecule has 0 saturated carbocycles. The molecule has 2 aromatic rings. The monoisotopic (exact) mass is 287 g/mol. The second-order valence-corrected chi connectivity index (χ2v) is 5.84. The molecule has 1 aliphatic rings. The number of amides is 1. The minimum Gasteiger partial charge on any atom is -0.336 e. The van der Waals surface area contributed by atoms with Gasteiger partial charge < -0.3 is 10.2 Å². The molecular weight excluding hydrogens is 270 g/mol. The summed E-state index contributed by atoms with van der Waals surface area (Å²) in [6.45, 7) is 2.90. The van der Waals surface area contributed by atoms with Crippen molar-refractivity contribution < 1.29 is 4.79 Å². The average Bonchev–Trinajstić information content (AvgIpc) is 3.11. The van der Waals surface area contributed by atoms with Gasteiger partial charge >= 0.3 is 0 Å². The van der Waals surface area contributed by atoms with Crippen molar-refractivity contribution in [1.29, 1.82) is 0 Å². The maximum absolute atomic E-state index is 12.5. The topological polar surface area (TPSA) is 45.2 Å². The van der Waals surface area contributed by atoms with Gasteiger partial charge in [-0.15, -0.1) is 11.3 Å². The molecule has 0 spiro atoms. The Morgan fingerprint density at radius 2 is 2.30 bits per heavy atom. The first-order valence-electron chi connectivity index (χ1n) is 6.78. The van der Waals surface area contributed by atoms with Crippen LogP contribution < -0.4 is 10.2 Å². The number of nitrogens with zero attached hydrogens (tertiary/aromatic N) is 2. The molecule has 1 aliphatic heterocycles. The molecule has 104 valence electrons. The summed E-state index contributed by atoms with van der Waals surface area (Å²) in [6.07, 6.45) is 3.71. The van der Waals surface area contributed by atoms with Gasteiger partial charge in [-0.05, 0) is 31.4 Å². The Kier molecular flexibility index (Phi) is 3.69. The number of nitrogens with one attached hydrogen (secondary N) is 1. The molecule has 0 bridgehead atoms. The fourth-order valence-corrected chi connectivity index (χ4v) is 3.27. The van der Waals surface area contributed by atoms with Gasteiger partial charge in [0.25, 0.3) is 0 Å². The van der Waals surface area contributed by atoms with Crippen molar-refractivity contribution in [3.8, 4) is 0 Å². The quantitative estimate of drug-likeness (QED) is 0.943. The number of hydrogen-bond acceptors (Lipinski definition) is 4. The summed E-state index contributed by atoms with van der Waals surface area (Å²) in [5, 5.41) is 5.93. The SMILES string of the molecule is Cc1ccccc1NC(=O)[C@@H]1CCCN1c1nccs1. The van der Waals surface area contributed by atoms with Crippen molar-refractivity contribution >= 4 is 28.1 Å². The van der Waals surface area contributed by atoms with Gasteiger partial charge in [-0.2, -0.15) is 0 Å². The molecule has 1 aromatic carbocycles. The summed E-state index contributed by atoms with van der Waals surface area (Å²) >= 11 is 1.59. The summed E-state index contributed by atoms with van der Waals surface area (Å²) in [7, 11) is 0. The Bertz CT molecular complexity index is 597. The highest BCUT2D eigenvalue weighted by atomic mass is 32.1. The van der Waals surface area contributed by atoms with Crippen LogP contribution in [0.15, 0.2) is 35.8 Å². The van der Waals surface area contributed by atoms with Gasteiger partial charge in [0, 0.05) is 23.8 Å². The second-order valence-electron chi connectivity index (χ2n) is 4.97. The van der Waals surface area contributed by atoms with Crippen LogP contribution in [0.3, 0.4) is 0 Å². The summed E-state index contributed by atoms with van der Waals surface area (Å²) in [6, 6.07) is 7.75. The van der Waals surface area contributed by atoms with E-state index < -0.39 is 0 Å². The highest BCUT2D eigenvalue weighted by Crippen LogP contribution is 2.28. The van der Waals surface area contributed by atoms with Crippen LogP contribution in [0.5, 0.6) is 0 Å². The van der Waals surface area contributed by atoms with E-state index in [0.29, 0.717) is 0 Å². The molecule has 0 radical (unpaired) electrons. The van der Waals surface area contributed by atoms with Crippen LogP contribution in [-0.2, 0) is 4.79 Å². The predicted molar refractivity (Wildman–Crippen MR) is 82.3 cm³/mol. The smallest absolute Gasteiger partial charge is 0.247 e. The average molecular weight is 287 g/mol. The number of thiazole rings is 1. The number of carbonyl (C=O) groups is 1. The number of carbonyl (C=O) groups excluding carboxylic acids is 1. The molecule has 0 aliphatic carbocycles. The molecule has 5 heteroatoms. The minimum absolute atomic E-state index is 0.0620. The molecular formula is C15H17N3OS. The van der Waals surface area contributed by atoms with E-state index in [0.717, 1.165) is 35.8 Å². The van der Waals surface area contributed by atoms with Crippen LogP contribution in [0, 0.1) is 6.92 Å². The Balaban J connectivity index is 1.75. The highest BCUT2D eigenvalue weighted by molar-refractivity contribution is 7.13. The van der Waals surface area contributed by atoms with Crippen molar-refractivity contribution in [2.75, 3.05) is 16.8 Å². The summed E-state index contributed by atoms with van der Waals surface area (Å²) in [5.41, 5.74) is 1.98. The lowest BCUT2D eigenvalue weighted by Crippen LogP contribution is -2.39. The van der Waals surface area contributed by atoms with E-state index in [1.165, 1.54) is 0 Å². The van der Waals surface area contributed by atoms with Gasteiger partial charge in [0.15, 0.2) is 5.13 Å². The summed E-state index contributed by atoms with van der Waals surface area (Å²) in [4.78, 5) is 18.9. The maximum Gasteiger partial charge on any atom is 0.247 e. The third kappa shape index (κ3) is 2.54.